The van der Waals surface area contributed by atoms with E-state index in [1.54, 1.807) is 13.3 Å². The summed E-state index contributed by atoms with van der Waals surface area (Å²) in [7, 11) is 1.62. The molecule has 0 bridgehead atoms. The Bertz CT molecular complexity index is 524. The summed E-state index contributed by atoms with van der Waals surface area (Å²) in [5.41, 5.74) is 0.964. The van der Waals surface area contributed by atoms with Gasteiger partial charge < -0.3 is 4.74 Å². The van der Waals surface area contributed by atoms with Crippen LogP contribution in [0.15, 0.2) is 28.9 Å². The van der Waals surface area contributed by atoms with Gasteiger partial charge in [0.2, 0.25) is 0 Å². The number of nitrogens with zero attached hydrogens (tertiary/aromatic N) is 1. The summed E-state index contributed by atoms with van der Waals surface area (Å²) in [6, 6.07) is 5.70. The minimum absolute atomic E-state index is 0.627. The number of thiazole rings is 1. The van der Waals surface area contributed by atoms with E-state index in [1.165, 1.54) is 11.3 Å². The maximum Gasteiger partial charge on any atom is 0.161 e. The second-order valence-electron chi connectivity index (χ2n) is 3.03. The minimum Gasteiger partial charge on any atom is -0.496 e. The molecule has 0 N–H and O–H groups in total. The summed E-state index contributed by atoms with van der Waals surface area (Å²) in [4.78, 5) is 15.4. The molecule has 0 fully saturated rings. The highest BCUT2D eigenvalue weighted by Crippen LogP contribution is 2.32. The van der Waals surface area contributed by atoms with Crippen LogP contribution in [0.3, 0.4) is 0 Å². The number of aldehydes is 1. The number of aromatic nitrogens is 1. The van der Waals surface area contributed by atoms with Gasteiger partial charge in [-0.05, 0) is 34.1 Å². The Balaban J connectivity index is 2.40. The lowest BCUT2D eigenvalue weighted by molar-refractivity contribution is 0.112. The van der Waals surface area contributed by atoms with E-state index in [0.29, 0.717) is 4.88 Å². The van der Waals surface area contributed by atoms with Crippen LogP contribution in [0.25, 0.3) is 10.6 Å². The van der Waals surface area contributed by atoms with E-state index in [2.05, 4.69) is 20.9 Å². The first-order valence-electron chi connectivity index (χ1n) is 4.49. The van der Waals surface area contributed by atoms with Crippen molar-refractivity contribution in [2.24, 2.45) is 0 Å². The summed E-state index contributed by atoms with van der Waals surface area (Å²) >= 11 is 4.78. The average Bonchev–Trinajstić information content (AvgIpc) is 2.77. The third kappa shape index (κ3) is 2.15. The van der Waals surface area contributed by atoms with Crippen molar-refractivity contribution in [2.45, 2.75) is 0 Å². The number of rotatable bonds is 3. The molecule has 1 heterocycles. The molecule has 0 radical (unpaired) electrons. The molecule has 0 amide bonds. The van der Waals surface area contributed by atoms with Gasteiger partial charge in [0.25, 0.3) is 0 Å². The van der Waals surface area contributed by atoms with Crippen LogP contribution in [0.2, 0.25) is 0 Å². The summed E-state index contributed by atoms with van der Waals surface area (Å²) < 4.78 is 6.01. The lowest BCUT2D eigenvalue weighted by Gasteiger charge is -2.03. The molecular formula is C11H8BrNO2S. The number of carbonyl (C=O) groups excluding carboxylic acids is 1. The van der Waals surface area contributed by atoms with Crippen LogP contribution in [0.5, 0.6) is 5.75 Å². The Morgan fingerprint density at radius 2 is 2.31 bits per heavy atom. The topological polar surface area (TPSA) is 39.2 Å². The van der Waals surface area contributed by atoms with Crippen LogP contribution < -0.4 is 4.74 Å². The maximum absolute atomic E-state index is 10.6. The van der Waals surface area contributed by atoms with Crippen LogP contribution >= 0.6 is 27.3 Å². The monoisotopic (exact) mass is 297 g/mol. The van der Waals surface area contributed by atoms with Crippen LogP contribution in [0.1, 0.15) is 9.67 Å². The summed E-state index contributed by atoms with van der Waals surface area (Å²) in [6.07, 6.45) is 2.38. The molecule has 16 heavy (non-hydrogen) atoms. The molecule has 0 atom stereocenters. The third-order valence-electron chi connectivity index (χ3n) is 2.04. The highest BCUT2D eigenvalue weighted by Gasteiger charge is 2.07. The van der Waals surface area contributed by atoms with Crippen molar-refractivity contribution in [3.63, 3.8) is 0 Å². The van der Waals surface area contributed by atoms with Gasteiger partial charge in [0.05, 0.1) is 16.5 Å². The fraction of sp³-hybridized carbons (Fsp3) is 0.0909. The Kier molecular flexibility index (Phi) is 3.36. The van der Waals surface area contributed by atoms with E-state index < -0.39 is 0 Å². The quantitative estimate of drug-likeness (QED) is 0.815. The Hall–Kier alpha value is -1.20. The highest BCUT2D eigenvalue weighted by atomic mass is 79.9. The molecule has 82 valence electrons. The second-order valence-corrected chi connectivity index (χ2v) is 4.95. The molecular weight excluding hydrogens is 290 g/mol. The molecule has 0 saturated carbocycles. The highest BCUT2D eigenvalue weighted by molar-refractivity contribution is 9.10. The molecule has 1 aromatic carbocycles. The molecule has 0 unspecified atom stereocenters. The molecule has 3 nitrogen and oxygen atoms in total. The van der Waals surface area contributed by atoms with Crippen LogP contribution in [0.4, 0.5) is 0 Å². The molecule has 1 aromatic heterocycles. The molecule has 0 saturated heterocycles. The predicted molar refractivity (Wildman–Crippen MR) is 67.2 cm³/mol. The first kappa shape index (κ1) is 11.3. The van der Waals surface area contributed by atoms with Crippen molar-refractivity contribution >= 4 is 33.6 Å². The van der Waals surface area contributed by atoms with E-state index in [0.717, 1.165) is 27.1 Å². The molecule has 2 rings (SSSR count). The van der Waals surface area contributed by atoms with Crippen molar-refractivity contribution in [1.82, 2.24) is 4.98 Å². The van der Waals surface area contributed by atoms with Gasteiger partial charge in [-0.2, -0.15) is 0 Å². The van der Waals surface area contributed by atoms with E-state index in [-0.39, 0.29) is 0 Å². The number of benzene rings is 1. The van der Waals surface area contributed by atoms with Gasteiger partial charge in [0.15, 0.2) is 6.29 Å². The van der Waals surface area contributed by atoms with Gasteiger partial charge in [-0.1, -0.05) is 0 Å². The zero-order valence-corrected chi connectivity index (χ0v) is 10.8. The summed E-state index contributed by atoms with van der Waals surface area (Å²) in [5.74, 6) is 0.774. The largest absolute Gasteiger partial charge is 0.496 e. The fourth-order valence-electron chi connectivity index (χ4n) is 1.27. The van der Waals surface area contributed by atoms with Gasteiger partial charge in [-0.15, -0.1) is 11.3 Å². The molecule has 0 aliphatic carbocycles. The standard InChI is InChI=1S/C11H8BrNO2S/c1-15-10-3-2-7(4-9(10)12)11-13-5-8(6-14)16-11/h2-6H,1H3. The van der Waals surface area contributed by atoms with Crippen molar-refractivity contribution < 1.29 is 9.53 Å². The van der Waals surface area contributed by atoms with Gasteiger partial charge in [0.1, 0.15) is 10.8 Å². The van der Waals surface area contributed by atoms with E-state index in [1.807, 2.05) is 18.2 Å². The van der Waals surface area contributed by atoms with Crippen molar-refractivity contribution in [3.8, 4) is 16.3 Å². The lowest BCUT2D eigenvalue weighted by atomic mass is 10.2. The zero-order chi connectivity index (χ0) is 11.5. The Labute approximate surface area is 105 Å². The summed E-state index contributed by atoms with van der Waals surface area (Å²) in [6.45, 7) is 0. The Morgan fingerprint density at radius 1 is 1.50 bits per heavy atom. The second kappa shape index (κ2) is 4.76. The molecule has 0 spiro atoms. The molecule has 2 aromatic rings. The van der Waals surface area contributed by atoms with Crippen LogP contribution in [-0.4, -0.2) is 18.4 Å². The summed E-state index contributed by atoms with van der Waals surface area (Å²) in [5, 5.41) is 0.824. The van der Waals surface area contributed by atoms with E-state index in [9.17, 15) is 4.79 Å². The average molecular weight is 298 g/mol. The van der Waals surface area contributed by atoms with Crippen LogP contribution in [-0.2, 0) is 0 Å². The van der Waals surface area contributed by atoms with Gasteiger partial charge in [0, 0.05) is 11.8 Å². The number of hydrogen-bond acceptors (Lipinski definition) is 4. The third-order valence-corrected chi connectivity index (χ3v) is 3.63. The lowest BCUT2D eigenvalue weighted by Crippen LogP contribution is -1.84. The predicted octanol–water partition coefficient (Wildman–Crippen LogP) is 3.39. The minimum atomic E-state index is 0.627. The van der Waals surface area contributed by atoms with Crippen LogP contribution in [0, 0.1) is 0 Å². The van der Waals surface area contributed by atoms with Gasteiger partial charge in [-0.3, -0.25) is 4.79 Å². The van der Waals surface area contributed by atoms with Crippen molar-refractivity contribution in [3.05, 3.63) is 33.7 Å². The maximum atomic E-state index is 10.6. The smallest absolute Gasteiger partial charge is 0.161 e. The molecule has 5 heteroatoms. The van der Waals surface area contributed by atoms with Crippen molar-refractivity contribution in [2.75, 3.05) is 7.11 Å². The SMILES string of the molecule is COc1ccc(-c2ncc(C=O)s2)cc1Br. The van der Waals surface area contributed by atoms with E-state index in [4.69, 9.17) is 4.74 Å². The number of halogens is 1. The normalized spacial score (nSPS) is 10.1. The first-order valence-corrected chi connectivity index (χ1v) is 6.10. The number of methoxy groups -OCH3 is 1. The number of carbonyl (C=O) groups is 1. The van der Waals surface area contributed by atoms with Gasteiger partial charge in [-0.25, -0.2) is 4.98 Å². The number of ether oxygens (including phenoxy) is 1. The van der Waals surface area contributed by atoms with E-state index >= 15 is 0 Å². The zero-order valence-electron chi connectivity index (χ0n) is 8.44. The molecule has 0 aliphatic rings. The van der Waals surface area contributed by atoms with Gasteiger partial charge >= 0.3 is 0 Å². The number of hydrogen-bond donors (Lipinski definition) is 0. The Morgan fingerprint density at radius 3 is 2.88 bits per heavy atom. The van der Waals surface area contributed by atoms with Crippen molar-refractivity contribution in [1.29, 1.82) is 0 Å². The fourth-order valence-corrected chi connectivity index (χ4v) is 2.54. The first-order chi connectivity index (χ1) is 7.74. The molecule has 0 aliphatic heterocycles.